The Balaban J connectivity index is 3.05. The number of carbonyl (C=O) groups is 3. The number of hydrogen-bond donors (Lipinski definition) is 1. The molecule has 131 valence electrons. The van der Waals surface area contributed by atoms with Crippen LogP contribution in [-0.4, -0.2) is 41.0 Å². The molecule has 1 aromatic rings. The van der Waals surface area contributed by atoms with Gasteiger partial charge in [-0.05, 0) is 39.7 Å². The molecular weight excluding hydrogens is 308 g/mol. The lowest BCUT2D eigenvalue weighted by Gasteiger charge is -2.35. The molecule has 0 saturated carbocycles. The monoisotopic (exact) mass is 333 g/mol. The quantitative estimate of drug-likeness (QED) is 0.640. The molecule has 24 heavy (non-hydrogen) atoms. The number of carbonyl (C=O) groups excluding carboxylic acids is 3. The summed E-state index contributed by atoms with van der Waals surface area (Å²) in [5, 5.41) is 2.53. The van der Waals surface area contributed by atoms with Gasteiger partial charge in [-0.2, -0.15) is 0 Å². The number of aldehydes is 1. The first kappa shape index (κ1) is 19.7. The molecule has 0 aromatic heterocycles. The molecule has 2 atom stereocenters. The summed E-state index contributed by atoms with van der Waals surface area (Å²) in [6, 6.07) is 8.49. The van der Waals surface area contributed by atoms with Crippen LogP contribution in [-0.2, 0) is 20.7 Å². The van der Waals surface area contributed by atoms with E-state index in [-0.39, 0.29) is 5.91 Å². The van der Waals surface area contributed by atoms with Crippen LogP contribution in [0.3, 0.4) is 0 Å². The second-order valence-electron chi connectivity index (χ2n) is 6.50. The highest BCUT2D eigenvalue weighted by atomic mass is 16.6. The molecule has 1 rings (SSSR count). The summed E-state index contributed by atoms with van der Waals surface area (Å²) < 4.78 is 5.36. The molecule has 0 heterocycles. The van der Waals surface area contributed by atoms with Crippen molar-refractivity contribution in [3.63, 3.8) is 0 Å². The fourth-order valence-electron chi connectivity index (χ4n) is 2.18. The Morgan fingerprint density at radius 2 is 1.88 bits per heavy atom. The van der Waals surface area contributed by atoms with Gasteiger partial charge in [0.1, 0.15) is 18.1 Å². The number of benzene rings is 1. The predicted molar refractivity (Wildman–Crippen MR) is 91.0 cm³/mol. The lowest BCUT2D eigenvalue weighted by Crippen LogP contribution is -2.55. The largest absolute Gasteiger partial charge is 0.444 e. The Morgan fingerprint density at radius 1 is 1.29 bits per heavy atom. The summed E-state index contributed by atoms with van der Waals surface area (Å²) in [7, 11) is 0. The summed E-state index contributed by atoms with van der Waals surface area (Å²) in [4.78, 5) is 36.6. The average Bonchev–Trinajstić information content (AvgIpc) is 2.44. The van der Waals surface area contributed by atoms with Gasteiger partial charge in [0.2, 0.25) is 5.91 Å². The van der Waals surface area contributed by atoms with Gasteiger partial charge in [0, 0.05) is 6.92 Å². The first-order valence-electron chi connectivity index (χ1n) is 7.74. The van der Waals surface area contributed by atoms with Crippen LogP contribution < -0.4 is 5.32 Å². The van der Waals surface area contributed by atoms with E-state index < -0.39 is 23.9 Å². The molecule has 0 fully saturated rings. The van der Waals surface area contributed by atoms with Crippen molar-refractivity contribution in [3.8, 4) is 0 Å². The normalized spacial score (nSPS) is 13.5. The first-order chi connectivity index (χ1) is 11.1. The standard InChI is InChI=1S/C18H25N2O4/c1-13(19-14(2)22)20(17(23)24-18(3,4)5)16(12-21)11-15-9-7-6-8-10-15/h6-10,12-13,16H,1,11H2,2-5H3,(H,19,22)/t13?,16-/m0/s1. The molecule has 6 heteroatoms. The molecule has 6 nitrogen and oxygen atoms in total. The van der Waals surface area contributed by atoms with Gasteiger partial charge in [-0.1, -0.05) is 30.3 Å². The van der Waals surface area contributed by atoms with Crippen LogP contribution in [0.15, 0.2) is 30.3 Å². The van der Waals surface area contributed by atoms with Crippen molar-refractivity contribution >= 4 is 18.3 Å². The highest BCUT2D eigenvalue weighted by Gasteiger charge is 2.32. The van der Waals surface area contributed by atoms with Crippen LogP contribution in [0.25, 0.3) is 0 Å². The fraction of sp³-hybridized carbons (Fsp3) is 0.444. The minimum Gasteiger partial charge on any atom is -0.444 e. The maximum atomic E-state index is 12.5. The molecular formula is C18H25N2O4. The van der Waals surface area contributed by atoms with E-state index in [1.165, 1.54) is 6.92 Å². The van der Waals surface area contributed by atoms with E-state index in [0.717, 1.165) is 10.5 Å². The summed E-state index contributed by atoms with van der Waals surface area (Å²) in [5.41, 5.74) is 0.157. The number of ether oxygens (including phenoxy) is 1. The van der Waals surface area contributed by atoms with E-state index >= 15 is 0 Å². The first-order valence-corrected chi connectivity index (χ1v) is 7.74. The third-order valence-electron chi connectivity index (χ3n) is 3.11. The van der Waals surface area contributed by atoms with Crippen molar-refractivity contribution in [3.05, 3.63) is 42.8 Å². The predicted octanol–water partition coefficient (Wildman–Crippen LogP) is 2.33. The molecule has 1 aromatic carbocycles. The van der Waals surface area contributed by atoms with E-state index in [0.29, 0.717) is 12.7 Å². The van der Waals surface area contributed by atoms with Crippen LogP contribution in [0.5, 0.6) is 0 Å². The lowest BCUT2D eigenvalue weighted by atomic mass is 10.1. The number of nitrogens with zero attached hydrogens (tertiary/aromatic N) is 1. The zero-order valence-electron chi connectivity index (χ0n) is 14.6. The SMILES string of the molecule is [CH2]C(NC(C)=O)N(C(=O)OC(C)(C)C)[C@H](C=O)Cc1ccccc1. The molecule has 0 aliphatic carbocycles. The molecule has 1 unspecified atom stereocenters. The number of nitrogens with one attached hydrogen (secondary N) is 1. The number of hydrogen-bond acceptors (Lipinski definition) is 4. The van der Waals surface area contributed by atoms with Gasteiger partial charge < -0.3 is 14.8 Å². The number of rotatable bonds is 6. The molecule has 0 aliphatic rings. The lowest BCUT2D eigenvalue weighted by molar-refractivity contribution is -0.122. The summed E-state index contributed by atoms with van der Waals surface area (Å²) in [5.74, 6) is -0.354. The van der Waals surface area contributed by atoms with E-state index in [1.54, 1.807) is 20.8 Å². The topological polar surface area (TPSA) is 75.7 Å². The zero-order valence-corrected chi connectivity index (χ0v) is 14.6. The van der Waals surface area contributed by atoms with Gasteiger partial charge in [-0.3, -0.25) is 9.69 Å². The van der Waals surface area contributed by atoms with Crippen molar-refractivity contribution in [2.24, 2.45) is 0 Å². The molecule has 0 bridgehead atoms. The summed E-state index contributed by atoms with van der Waals surface area (Å²) in [6.07, 6.45) is -0.660. The highest BCUT2D eigenvalue weighted by Crippen LogP contribution is 2.16. The second-order valence-corrected chi connectivity index (χ2v) is 6.50. The van der Waals surface area contributed by atoms with Gasteiger partial charge >= 0.3 is 6.09 Å². The van der Waals surface area contributed by atoms with E-state index in [1.807, 2.05) is 30.3 Å². The van der Waals surface area contributed by atoms with Crippen molar-refractivity contribution in [2.75, 3.05) is 0 Å². The minimum absolute atomic E-state index is 0.301. The van der Waals surface area contributed by atoms with Gasteiger partial charge in [0.05, 0.1) is 6.04 Å². The van der Waals surface area contributed by atoms with Crippen molar-refractivity contribution < 1.29 is 19.1 Å². The van der Waals surface area contributed by atoms with Crippen LogP contribution in [0.4, 0.5) is 4.79 Å². The van der Waals surface area contributed by atoms with Crippen molar-refractivity contribution in [2.45, 2.75) is 51.9 Å². The minimum atomic E-state index is -0.920. The Morgan fingerprint density at radius 3 is 2.33 bits per heavy atom. The van der Waals surface area contributed by atoms with E-state index in [9.17, 15) is 14.4 Å². The van der Waals surface area contributed by atoms with Crippen LogP contribution in [0.1, 0.15) is 33.3 Å². The van der Waals surface area contributed by atoms with Crippen LogP contribution in [0.2, 0.25) is 0 Å². The maximum absolute atomic E-state index is 12.5. The Labute approximate surface area is 143 Å². The second kappa shape index (κ2) is 8.47. The molecule has 0 saturated heterocycles. The van der Waals surface area contributed by atoms with Gasteiger partial charge in [0.25, 0.3) is 0 Å². The van der Waals surface area contributed by atoms with Crippen LogP contribution in [0, 0.1) is 6.92 Å². The smallest absolute Gasteiger partial charge is 0.412 e. The zero-order chi connectivity index (χ0) is 18.3. The molecule has 1 N–H and O–H groups in total. The van der Waals surface area contributed by atoms with Gasteiger partial charge in [-0.15, -0.1) is 0 Å². The number of amides is 2. The van der Waals surface area contributed by atoms with Gasteiger partial charge in [0.15, 0.2) is 0 Å². The summed E-state index contributed by atoms with van der Waals surface area (Å²) >= 11 is 0. The molecule has 0 aliphatic heterocycles. The average molecular weight is 333 g/mol. The highest BCUT2D eigenvalue weighted by molar-refractivity contribution is 5.77. The van der Waals surface area contributed by atoms with E-state index in [4.69, 9.17) is 4.74 Å². The molecule has 1 radical (unpaired) electrons. The van der Waals surface area contributed by atoms with Crippen molar-refractivity contribution in [1.82, 2.24) is 10.2 Å². The molecule has 2 amide bonds. The summed E-state index contributed by atoms with van der Waals surface area (Å²) in [6.45, 7) is 10.3. The van der Waals surface area contributed by atoms with Gasteiger partial charge in [-0.25, -0.2) is 4.79 Å². The third kappa shape index (κ3) is 6.40. The Bertz CT molecular complexity index is 566. The van der Waals surface area contributed by atoms with Crippen molar-refractivity contribution in [1.29, 1.82) is 0 Å². The van der Waals surface area contributed by atoms with Crippen LogP contribution >= 0.6 is 0 Å². The Hall–Kier alpha value is -2.37. The maximum Gasteiger partial charge on any atom is 0.412 e. The molecule has 0 spiro atoms. The Kier molecular flexibility index (Phi) is 6.95. The fourth-order valence-corrected chi connectivity index (χ4v) is 2.18. The third-order valence-corrected chi connectivity index (χ3v) is 3.11. The van der Waals surface area contributed by atoms with E-state index in [2.05, 4.69) is 12.2 Å².